The smallest absolute Gasteiger partial charge is 0.407 e. The Labute approximate surface area is 215 Å². The van der Waals surface area contributed by atoms with Crippen LogP contribution in [0.3, 0.4) is 0 Å². The Kier molecular flexibility index (Phi) is 9.43. The second kappa shape index (κ2) is 12.1. The second-order valence-electron chi connectivity index (χ2n) is 10.0. The second-order valence-corrected chi connectivity index (χ2v) is 10.0. The van der Waals surface area contributed by atoms with Gasteiger partial charge in [0.05, 0.1) is 12.0 Å². The summed E-state index contributed by atoms with van der Waals surface area (Å²) in [5, 5.41) is 9.62. The number of nitrogens with zero attached hydrogens (tertiary/aromatic N) is 2. The van der Waals surface area contributed by atoms with Crippen molar-refractivity contribution < 1.29 is 28.0 Å². The predicted octanol–water partition coefficient (Wildman–Crippen LogP) is 5.84. The Bertz CT molecular complexity index is 1290. The maximum atomic E-state index is 13.3. The molecule has 0 radical (unpaired) electrons. The molecule has 2 amide bonds. The van der Waals surface area contributed by atoms with Crippen LogP contribution in [0.2, 0.25) is 0 Å². The Morgan fingerprint density at radius 1 is 0.973 bits per heavy atom. The summed E-state index contributed by atoms with van der Waals surface area (Å²) in [7, 11) is 0. The highest BCUT2D eigenvalue weighted by molar-refractivity contribution is 5.87. The summed E-state index contributed by atoms with van der Waals surface area (Å²) >= 11 is 0. The van der Waals surface area contributed by atoms with Gasteiger partial charge in [0.15, 0.2) is 11.4 Å². The number of halogens is 1. The number of benzene rings is 2. The number of carbonyl (C=O) groups is 2. The molecule has 0 saturated carbocycles. The summed E-state index contributed by atoms with van der Waals surface area (Å²) in [6.45, 7) is 18.0. The van der Waals surface area contributed by atoms with Crippen LogP contribution in [0.25, 0.3) is 15.8 Å². The summed E-state index contributed by atoms with van der Waals surface area (Å²) in [4.78, 5) is 25.9. The van der Waals surface area contributed by atoms with Crippen LogP contribution in [0.5, 0.6) is 0 Å². The number of carbonyl (C=O) groups excluding carboxylic acids is 2. The van der Waals surface area contributed by atoms with E-state index in [1.807, 2.05) is 32.9 Å². The monoisotopic (exact) mass is 513 g/mol. The van der Waals surface area contributed by atoms with Crippen molar-refractivity contribution in [3.05, 3.63) is 64.8 Å². The van der Waals surface area contributed by atoms with E-state index in [0.717, 1.165) is 10.9 Å². The molecule has 0 fully saturated rings. The van der Waals surface area contributed by atoms with Crippen molar-refractivity contribution in [2.75, 3.05) is 5.73 Å². The number of hydrogen-bond acceptors (Lipinski definition) is 7. The number of nitrogens with two attached hydrogens (primary N) is 1. The fourth-order valence-electron chi connectivity index (χ4n) is 2.84. The van der Waals surface area contributed by atoms with E-state index in [-0.39, 0.29) is 12.2 Å². The molecule has 0 unspecified atom stereocenters. The Morgan fingerprint density at radius 3 is 1.97 bits per heavy atom. The van der Waals surface area contributed by atoms with Crippen LogP contribution in [0.1, 0.15) is 52.7 Å². The number of amides is 2. The molecule has 0 bridgehead atoms. The molecule has 1 aromatic heterocycles. The molecule has 3 rings (SSSR count). The molecule has 0 spiro atoms. The zero-order valence-corrected chi connectivity index (χ0v) is 21.8. The van der Waals surface area contributed by atoms with Crippen LogP contribution < -0.4 is 16.4 Å². The SMILES string of the molecule is CC(C)(C)OC(=O)NCc1ccc2c(N)noc2c1.[C-]#[N+]c1ccc(CNC(=O)OC(C)(C)C)cc1F. The molecule has 10 nitrogen and oxygen atoms in total. The topological polar surface area (TPSA) is 133 Å². The highest BCUT2D eigenvalue weighted by atomic mass is 19.1. The summed E-state index contributed by atoms with van der Waals surface area (Å²) in [5.74, 6) is -0.227. The van der Waals surface area contributed by atoms with Gasteiger partial charge < -0.3 is 30.4 Å². The molecule has 4 N–H and O–H groups in total. The standard InChI is InChI=1S/C13H15FN2O2.C13H17N3O3/c1-13(2,3)18-12(17)16-8-9-5-6-11(15-4)10(14)7-9;1-13(2,3)18-12(17)15-7-8-4-5-9-10(6-8)19-16-11(9)14/h5-7H,8H2,1-3H3,(H,16,17);4-6H,7H2,1-3H3,(H2,14,16)(H,15,17). The molecular formula is C26H32FN5O5. The number of hydrogen-bond donors (Lipinski definition) is 3. The molecule has 11 heteroatoms. The third-order valence-corrected chi connectivity index (χ3v) is 4.37. The van der Waals surface area contributed by atoms with E-state index < -0.39 is 29.2 Å². The number of alkyl carbamates (subject to hydrolysis) is 2. The number of fused-ring (bicyclic) bond motifs is 1. The minimum atomic E-state index is -0.589. The van der Waals surface area contributed by atoms with Crippen molar-refractivity contribution in [3.8, 4) is 0 Å². The molecule has 0 saturated heterocycles. The van der Waals surface area contributed by atoms with Crippen LogP contribution in [0.4, 0.5) is 25.5 Å². The number of ether oxygens (including phenoxy) is 2. The third kappa shape index (κ3) is 10.0. The number of nitrogen functional groups attached to an aromatic ring is 1. The minimum absolute atomic E-state index is 0.0315. The van der Waals surface area contributed by atoms with Gasteiger partial charge >= 0.3 is 12.2 Å². The molecule has 0 atom stereocenters. The average Bonchev–Trinajstić information content (AvgIpc) is 3.14. The van der Waals surface area contributed by atoms with Gasteiger partial charge in [-0.05, 0) is 70.9 Å². The number of rotatable bonds is 4. The average molecular weight is 514 g/mol. The maximum Gasteiger partial charge on any atom is 0.407 e. The van der Waals surface area contributed by atoms with E-state index in [1.165, 1.54) is 12.1 Å². The summed E-state index contributed by atoms with van der Waals surface area (Å²) in [5.41, 5.74) is 6.58. The zero-order valence-electron chi connectivity index (χ0n) is 21.8. The Balaban J connectivity index is 0.000000261. The predicted molar refractivity (Wildman–Crippen MR) is 137 cm³/mol. The summed E-state index contributed by atoms with van der Waals surface area (Å²) < 4.78 is 28.5. The van der Waals surface area contributed by atoms with Crippen molar-refractivity contribution in [1.29, 1.82) is 0 Å². The van der Waals surface area contributed by atoms with Gasteiger partial charge in [-0.2, -0.15) is 0 Å². The van der Waals surface area contributed by atoms with Crippen molar-refractivity contribution in [2.24, 2.45) is 0 Å². The first kappa shape index (κ1) is 28.9. The van der Waals surface area contributed by atoms with Crippen molar-refractivity contribution in [3.63, 3.8) is 0 Å². The lowest BCUT2D eigenvalue weighted by molar-refractivity contribution is 0.0512. The zero-order chi connectivity index (χ0) is 27.8. The molecule has 2 aromatic carbocycles. The van der Waals surface area contributed by atoms with Crippen molar-refractivity contribution >= 4 is 34.7 Å². The van der Waals surface area contributed by atoms with E-state index >= 15 is 0 Å². The molecule has 198 valence electrons. The van der Waals surface area contributed by atoms with Crippen LogP contribution in [0, 0.1) is 12.4 Å². The molecule has 3 aromatic rings. The van der Waals surface area contributed by atoms with E-state index in [1.54, 1.807) is 32.9 Å². The van der Waals surface area contributed by atoms with E-state index in [2.05, 4.69) is 20.6 Å². The first-order valence-corrected chi connectivity index (χ1v) is 11.4. The summed E-state index contributed by atoms with van der Waals surface area (Å²) in [6.07, 6.45) is -1.01. The molecule has 37 heavy (non-hydrogen) atoms. The number of nitrogens with one attached hydrogen (secondary N) is 2. The number of anilines is 1. The fraction of sp³-hybridized carbons (Fsp3) is 0.385. The van der Waals surface area contributed by atoms with Gasteiger partial charge in [0.2, 0.25) is 5.69 Å². The van der Waals surface area contributed by atoms with Crippen molar-refractivity contribution in [1.82, 2.24) is 15.8 Å². The van der Waals surface area contributed by atoms with E-state index in [4.69, 9.17) is 26.3 Å². The molecular weight excluding hydrogens is 481 g/mol. The van der Waals surface area contributed by atoms with Gasteiger partial charge in [-0.15, -0.1) is 0 Å². The van der Waals surface area contributed by atoms with Gasteiger partial charge in [0.1, 0.15) is 17.0 Å². The van der Waals surface area contributed by atoms with E-state index in [9.17, 15) is 14.0 Å². The van der Waals surface area contributed by atoms with Gasteiger partial charge in [-0.3, -0.25) is 0 Å². The first-order chi connectivity index (χ1) is 17.2. The lowest BCUT2D eigenvalue weighted by atomic mass is 10.1. The minimum Gasteiger partial charge on any atom is -0.444 e. The van der Waals surface area contributed by atoms with Gasteiger partial charge in [0.25, 0.3) is 0 Å². The Hall–Kier alpha value is -4.33. The Morgan fingerprint density at radius 2 is 1.49 bits per heavy atom. The fourth-order valence-corrected chi connectivity index (χ4v) is 2.84. The van der Waals surface area contributed by atoms with Gasteiger partial charge in [0, 0.05) is 13.1 Å². The molecule has 1 heterocycles. The quantitative estimate of drug-likeness (QED) is 0.374. The summed E-state index contributed by atoms with van der Waals surface area (Å²) in [6, 6.07) is 9.66. The number of aromatic nitrogens is 1. The highest BCUT2D eigenvalue weighted by Crippen LogP contribution is 2.21. The lowest BCUT2D eigenvalue weighted by Crippen LogP contribution is -2.32. The van der Waals surface area contributed by atoms with Crippen LogP contribution in [0.15, 0.2) is 40.9 Å². The first-order valence-electron chi connectivity index (χ1n) is 11.4. The molecule has 0 aliphatic carbocycles. The van der Waals surface area contributed by atoms with E-state index in [0.29, 0.717) is 23.5 Å². The largest absolute Gasteiger partial charge is 0.444 e. The normalized spacial score (nSPS) is 11.1. The van der Waals surface area contributed by atoms with Gasteiger partial charge in [-0.1, -0.05) is 23.4 Å². The third-order valence-electron chi connectivity index (χ3n) is 4.37. The maximum absolute atomic E-state index is 13.3. The van der Waals surface area contributed by atoms with Crippen LogP contribution in [-0.4, -0.2) is 28.5 Å². The van der Waals surface area contributed by atoms with Crippen LogP contribution in [-0.2, 0) is 22.6 Å². The van der Waals surface area contributed by atoms with Crippen molar-refractivity contribution in [2.45, 2.75) is 65.8 Å². The molecule has 0 aliphatic heterocycles. The highest BCUT2D eigenvalue weighted by Gasteiger charge is 2.17. The van der Waals surface area contributed by atoms with Crippen LogP contribution >= 0.6 is 0 Å². The molecule has 0 aliphatic rings. The van der Waals surface area contributed by atoms with Gasteiger partial charge in [-0.25, -0.2) is 18.8 Å². The lowest BCUT2D eigenvalue weighted by Gasteiger charge is -2.19.